The summed E-state index contributed by atoms with van der Waals surface area (Å²) in [6, 6.07) is 1.54. The maximum absolute atomic E-state index is 13.0. The van der Waals surface area contributed by atoms with E-state index in [2.05, 4.69) is 29.3 Å². The smallest absolute Gasteiger partial charge is 0.141 e. The summed E-state index contributed by atoms with van der Waals surface area (Å²) < 4.78 is 13.0. The molecule has 3 nitrogen and oxygen atoms in total. The van der Waals surface area contributed by atoms with E-state index in [0.717, 1.165) is 12.1 Å². The molecule has 0 radical (unpaired) electrons. The SMILES string of the molecule is CN(C)C1(CNCc2cncc(F)c2)CCCC1. The van der Waals surface area contributed by atoms with E-state index in [1.54, 1.807) is 6.20 Å². The van der Waals surface area contributed by atoms with Gasteiger partial charge < -0.3 is 10.2 Å². The van der Waals surface area contributed by atoms with Crippen molar-refractivity contribution in [1.82, 2.24) is 15.2 Å². The van der Waals surface area contributed by atoms with Crippen LogP contribution in [0.1, 0.15) is 31.2 Å². The highest BCUT2D eigenvalue weighted by atomic mass is 19.1. The molecule has 0 aliphatic heterocycles. The van der Waals surface area contributed by atoms with Crippen LogP contribution in [0.25, 0.3) is 0 Å². The fourth-order valence-electron chi connectivity index (χ4n) is 2.81. The Morgan fingerprint density at radius 1 is 1.33 bits per heavy atom. The lowest BCUT2D eigenvalue weighted by Gasteiger charge is -2.36. The first-order valence-electron chi connectivity index (χ1n) is 6.60. The summed E-state index contributed by atoms with van der Waals surface area (Å²) >= 11 is 0. The Bertz CT molecular complexity index is 386. The van der Waals surface area contributed by atoms with Gasteiger partial charge in [-0.05, 0) is 38.6 Å². The predicted molar refractivity (Wildman–Crippen MR) is 70.8 cm³/mol. The molecule has 1 heterocycles. The Morgan fingerprint density at radius 3 is 2.67 bits per heavy atom. The third kappa shape index (κ3) is 3.06. The quantitative estimate of drug-likeness (QED) is 0.869. The minimum atomic E-state index is -0.266. The van der Waals surface area contributed by atoms with Crippen LogP contribution in [0, 0.1) is 5.82 Å². The molecule has 0 saturated heterocycles. The zero-order chi connectivity index (χ0) is 13.0. The molecule has 1 N–H and O–H groups in total. The van der Waals surface area contributed by atoms with Gasteiger partial charge in [0.1, 0.15) is 5.82 Å². The normalized spacial score (nSPS) is 18.4. The summed E-state index contributed by atoms with van der Waals surface area (Å²) in [4.78, 5) is 6.19. The molecule has 1 saturated carbocycles. The van der Waals surface area contributed by atoms with Gasteiger partial charge in [-0.1, -0.05) is 12.8 Å². The van der Waals surface area contributed by atoms with Crippen molar-refractivity contribution in [2.45, 2.75) is 37.8 Å². The number of likely N-dealkylation sites (N-methyl/N-ethyl adjacent to an activating group) is 1. The standard InChI is InChI=1S/C14H22FN3/c1-18(2)14(5-3-4-6-14)11-17-9-12-7-13(15)10-16-8-12/h7-8,10,17H,3-6,9,11H2,1-2H3. The molecule has 0 atom stereocenters. The molecule has 100 valence electrons. The minimum absolute atomic E-state index is 0.266. The van der Waals surface area contributed by atoms with Gasteiger partial charge in [-0.25, -0.2) is 4.39 Å². The molecule has 0 bridgehead atoms. The van der Waals surface area contributed by atoms with Gasteiger partial charge >= 0.3 is 0 Å². The summed E-state index contributed by atoms with van der Waals surface area (Å²) in [6.07, 6.45) is 8.06. The zero-order valence-electron chi connectivity index (χ0n) is 11.2. The molecule has 0 unspecified atom stereocenters. The van der Waals surface area contributed by atoms with Gasteiger partial charge in [0.05, 0.1) is 6.20 Å². The zero-order valence-corrected chi connectivity index (χ0v) is 11.2. The molecule has 4 heteroatoms. The maximum atomic E-state index is 13.0. The van der Waals surface area contributed by atoms with Crippen molar-refractivity contribution < 1.29 is 4.39 Å². The van der Waals surface area contributed by atoms with Crippen LogP contribution >= 0.6 is 0 Å². The third-order valence-corrected chi connectivity index (χ3v) is 4.03. The highest BCUT2D eigenvalue weighted by molar-refractivity contribution is 5.10. The first-order valence-corrected chi connectivity index (χ1v) is 6.60. The minimum Gasteiger partial charge on any atom is -0.311 e. The van der Waals surface area contributed by atoms with Crippen LogP contribution in [0.3, 0.4) is 0 Å². The molecule has 2 rings (SSSR count). The number of halogens is 1. The van der Waals surface area contributed by atoms with Crippen LogP contribution in [0.5, 0.6) is 0 Å². The van der Waals surface area contributed by atoms with Crippen LogP contribution in [-0.2, 0) is 6.54 Å². The molecule has 0 aromatic carbocycles. The Balaban J connectivity index is 1.87. The summed E-state index contributed by atoms with van der Waals surface area (Å²) in [7, 11) is 4.30. The van der Waals surface area contributed by atoms with Crippen LogP contribution in [0.15, 0.2) is 18.5 Å². The van der Waals surface area contributed by atoms with E-state index in [1.807, 2.05) is 0 Å². The van der Waals surface area contributed by atoms with Crippen LogP contribution < -0.4 is 5.32 Å². The molecule has 1 aliphatic carbocycles. The first kappa shape index (κ1) is 13.4. The van der Waals surface area contributed by atoms with Crippen molar-refractivity contribution in [2.24, 2.45) is 0 Å². The Hall–Kier alpha value is -1.00. The average Bonchev–Trinajstić information content (AvgIpc) is 2.79. The van der Waals surface area contributed by atoms with Gasteiger partial charge in [0.15, 0.2) is 0 Å². The fraction of sp³-hybridized carbons (Fsp3) is 0.643. The fourth-order valence-corrected chi connectivity index (χ4v) is 2.81. The van der Waals surface area contributed by atoms with Crippen molar-refractivity contribution in [3.05, 3.63) is 29.8 Å². The summed E-state index contributed by atoms with van der Waals surface area (Å²) in [5.74, 6) is -0.266. The number of hydrogen-bond donors (Lipinski definition) is 1. The molecule has 1 fully saturated rings. The molecule has 0 spiro atoms. The van der Waals surface area contributed by atoms with Crippen molar-refractivity contribution in [1.29, 1.82) is 0 Å². The largest absolute Gasteiger partial charge is 0.311 e. The molecular weight excluding hydrogens is 229 g/mol. The summed E-state index contributed by atoms with van der Waals surface area (Å²) in [5.41, 5.74) is 1.18. The highest BCUT2D eigenvalue weighted by Gasteiger charge is 2.35. The van der Waals surface area contributed by atoms with Crippen molar-refractivity contribution in [2.75, 3.05) is 20.6 Å². The van der Waals surface area contributed by atoms with Crippen LogP contribution in [-0.4, -0.2) is 36.1 Å². The number of pyridine rings is 1. The van der Waals surface area contributed by atoms with Crippen molar-refractivity contribution >= 4 is 0 Å². The molecule has 1 aromatic heterocycles. The number of nitrogens with one attached hydrogen (secondary N) is 1. The number of nitrogens with zero attached hydrogens (tertiary/aromatic N) is 2. The lowest BCUT2D eigenvalue weighted by Crippen LogP contribution is -2.49. The van der Waals surface area contributed by atoms with Gasteiger partial charge in [-0.3, -0.25) is 4.98 Å². The van der Waals surface area contributed by atoms with Crippen LogP contribution in [0.4, 0.5) is 4.39 Å². The van der Waals surface area contributed by atoms with Gasteiger partial charge in [0.25, 0.3) is 0 Å². The Morgan fingerprint density at radius 2 is 2.06 bits per heavy atom. The van der Waals surface area contributed by atoms with Gasteiger partial charge in [0, 0.05) is 24.8 Å². The topological polar surface area (TPSA) is 28.2 Å². The molecule has 1 aliphatic rings. The Kier molecular flexibility index (Phi) is 4.30. The van der Waals surface area contributed by atoms with Gasteiger partial charge in [0.2, 0.25) is 0 Å². The first-order chi connectivity index (χ1) is 8.62. The Labute approximate surface area is 108 Å². The molecule has 1 aromatic rings. The van der Waals surface area contributed by atoms with Crippen molar-refractivity contribution in [3.8, 4) is 0 Å². The van der Waals surface area contributed by atoms with Crippen molar-refractivity contribution in [3.63, 3.8) is 0 Å². The molecular formula is C14H22FN3. The summed E-state index contributed by atoms with van der Waals surface area (Å²) in [6.45, 7) is 1.64. The van der Waals surface area contributed by atoms with E-state index in [1.165, 1.54) is 37.9 Å². The lowest BCUT2D eigenvalue weighted by molar-refractivity contribution is 0.153. The molecule has 18 heavy (non-hydrogen) atoms. The van der Waals surface area contributed by atoms with E-state index in [9.17, 15) is 4.39 Å². The van der Waals surface area contributed by atoms with Gasteiger partial charge in [-0.15, -0.1) is 0 Å². The second-order valence-corrected chi connectivity index (χ2v) is 5.44. The second kappa shape index (κ2) is 5.76. The molecule has 0 amide bonds. The van der Waals surface area contributed by atoms with Gasteiger partial charge in [-0.2, -0.15) is 0 Å². The second-order valence-electron chi connectivity index (χ2n) is 5.44. The van der Waals surface area contributed by atoms with E-state index in [0.29, 0.717) is 6.54 Å². The number of aromatic nitrogens is 1. The van der Waals surface area contributed by atoms with E-state index < -0.39 is 0 Å². The lowest BCUT2D eigenvalue weighted by atomic mass is 9.96. The van der Waals surface area contributed by atoms with E-state index >= 15 is 0 Å². The van der Waals surface area contributed by atoms with E-state index in [4.69, 9.17) is 0 Å². The van der Waals surface area contributed by atoms with Crippen LogP contribution in [0.2, 0.25) is 0 Å². The monoisotopic (exact) mass is 251 g/mol. The highest BCUT2D eigenvalue weighted by Crippen LogP contribution is 2.33. The predicted octanol–water partition coefficient (Wildman–Crippen LogP) is 2.18. The maximum Gasteiger partial charge on any atom is 0.141 e. The number of rotatable bonds is 5. The average molecular weight is 251 g/mol. The van der Waals surface area contributed by atoms with E-state index in [-0.39, 0.29) is 11.4 Å². The number of hydrogen-bond acceptors (Lipinski definition) is 3. The summed E-state index contributed by atoms with van der Waals surface area (Å²) in [5, 5.41) is 3.44. The third-order valence-electron chi connectivity index (χ3n) is 4.03.